The zero-order valence-electron chi connectivity index (χ0n) is 7.61. The standard InChI is InChI=1S/C11H15NO/c13-11(10-7-4-8-12-10)9-5-2-1-3-6-9/h1-2,4,7-9,11-13H,3,5-6H2. The molecule has 0 aromatic carbocycles. The Morgan fingerprint density at radius 2 is 2.38 bits per heavy atom. The van der Waals surface area contributed by atoms with Crippen LogP contribution in [0.4, 0.5) is 0 Å². The van der Waals surface area contributed by atoms with Gasteiger partial charge in [0, 0.05) is 11.9 Å². The summed E-state index contributed by atoms with van der Waals surface area (Å²) < 4.78 is 0. The van der Waals surface area contributed by atoms with Crippen molar-refractivity contribution in [1.82, 2.24) is 4.98 Å². The first-order valence-corrected chi connectivity index (χ1v) is 4.84. The number of hydrogen-bond acceptors (Lipinski definition) is 1. The Balaban J connectivity index is 2.04. The zero-order valence-corrected chi connectivity index (χ0v) is 7.61. The van der Waals surface area contributed by atoms with Crippen molar-refractivity contribution in [2.75, 3.05) is 0 Å². The van der Waals surface area contributed by atoms with Crippen molar-refractivity contribution in [3.63, 3.8) is 0 Å². The van der Waals surface area contributed by atoms with Crippen LogP contribution in [0.1, 0.15) is 31.1 Å². The molecule has 1 aliphatic carbocycles. The van der Waals surface area contributed by atoms with Crippen molar-refractivity contribution < 1.29 is 5.11 Å². The summed E-state index contributed by atoms with van der Waals surface area (Å²) in [4.78, 5) is 3.06. The minimum absolute atomic E-state index is 0.319. The lowest BCUT2D eigenvalue weighted by Crippen LogP contribution is -2.14. The highest BCUT2D eigenvalue weighted by molar-refractivity contribution is 5.09. The summed E-state index contributed by atoms with van der Waals surface area (Å²) in [5, 5.41) is 9.97. The lowest BCUT2D eigenvalue weighted by Gasteiger charge is -2.22. The summed E-state index contributed by atoms with van der Waals surface area (Å²) >= 11 is 0. The van der Waals surface area contributed by atoms with Gasteiger partial charge in [-0.15, -0.1) is 0 Å². The van der Waals surface area contributed by atoms with Gasteiger partial charge >= 0.3 is 0 Å². The number of rotatable bonds is 2. The highest BCUT2D eigenvalue weighted by atomic mass is 16.3. The highest BCUT2D eigenvalue weighted by Gasteiger charge is 2.21. The Morgan fingerprint density at radius 3 is 3.00 bits per heavy atom. The fraction of sp³-hybridized carbons (Fsp3) is 0.455. The number of aliphatic hydroxyl groups is 1. The summed E-state index contributed by atoms with van der Waals surface area (Å²) in [6.45, 7) is 0. The molecule has 2 nitrogen and oxygen atoms in total. The molecule has 0 amide bonds. The molecule has 2 unspecified atom stereocenters. The van der Waals surface area contributed by atoms with Crippen LogP contribution in [0.3, 0.4) is 0 Å². The first kappa shape index (κ1) is 8.57. The average molecular weight is 177 g/mol. The van der Waals surface area contributed by atoms with E-state index in [2.05, 4.69) is 17.1 Å². The van der Waals surface area contributed by atoms with E-state index in [-0.39, 0.29) is 6.10 Å². The van der Waals surface area contributed by atoms with Crippen molar-refractivity contribution in [1.29, 1.82) is 0 Å². The third-order valence-electron chi connectivity index (χ3n) is 2.70. The molecular formula is C11H15NO. The van der Waals surface area contributed by atoms with Crippen LogP contribution in [-0.2, 0) is 0 Å². The van der Waals surface area contributed by atoms with Gasteiger partial charge in [0.05, 0.1) is 6.10 Å². The molecule has 0 bridgehead atoms. The Morgan fingerprint density at radius 1 is 1.46 bits per heavy atom. The molecule has 1 aromatic rings. The van der Waals surface area contributed by atoms with Crippen molar-refractivity contribution in [2.24, 2.45) is 5.92 Å². The van der Waals surface area contributed by atoms with E-state index < -0.39 is 0 Å². The second-order valence-corrected chi connectivity index (χ2v) is 3.61. The van der Waals surface area contributed by atoms with E-state index in [4.69, 9.17) is 0 Å². The molecule has 2 atom stereocenters. The molecule has 0 saturated carbocycles. The minimum Gasteiger partial charge on any atom is -0.387 e. The fourth-order valence-corrected chi connectivity index (χ4v) is 1.89. The number of hydrogen-bond donors (Lipinski definition) is 2. The first-order chi connectivity index (χ1) is 6.38. The van der Waals surface area contributed by atoms with Crippen LogP contribution in [0.15, 0.2) is 30.5 Å². The van der Waals surface area contributed by atoms with Crippen LogP contribution in [0.25, 0.3) is 0 Å². The molecule has 0 aliphatic heterocycles. The molecule has 2 rings (SSSR count). The van der Waals surface area contributed by atoms with Crippen LogP contribution in [0.2, 0.25) is 0 Å². The Bertz CT molecular complexity index is 276. The van der Waals surface area contributed by atoms with Gasteiger partial charge in [-0.1, -0.05) is 12.2 Å². The molecule has 1 heterocycles. The van der Waals surface area contributed by atoms with E-state index in [1.54, 1.807) is 0 Å². The monoisotopic (exact) mass is 177 g/mol. The van der Waals surface area contributed by atoms with Crippen LogP contribution in [0.5, 0.6) is 0 Å². The van der Waals surface area contributed by atoms with Crippen molar-refractivity contribution in [2.45, 2.75) is 25.4 Å². The molecule has 1 aliphatic rings. The van der Waals surface area contributed by atoms with Gasteiger partial charge in [-0.25, -0.2) is 0 Å². The quantitative estimate of drug-likeness (QED) is 0.668. The molecule has 2 heteroatoms. The molecule has 2 N–H and O–H groups in total. The third kappa shape index (κ3) is 1.83. The smallest absolute Gasteiger partial charge is 0.0968 e. The van der Waals surface area contributed by atoms with Crippen LogP contribution in [-0.4, -0.2) is 10.1 Å². The molecule has 70 valence electrons. The van der Waals surface area contributed by atoms with Gasteiger partial charge in [-0.3, -0.25) is 0 Å². The van der Waals surface area contributed by atoms with E-state index in [0.717, 1.165) is 25.0 Å². The summed E-state index contributed by atoms with van der Waals surface area (Å²) in [6, 6.07) is 3.88. The minimum atomic E-state index is -0.319. The third-order valence-corrected chi connectivity index (χ3v) is 2.70. The summed E-state index contributed by atoms with van der Waals surface area (Å²) in [6.07, 6.45) is 9.09. The Labute approximate surface area is 78.3 Å². The van der Waals surface area contributed by atoms with Crippen molar-refractivity contribution in [3.05, 3.63) is 36.2 Å². The number of aromatic amines is 1. The number of H-pyrrole nitrogens is 1. The molecule has 13 heavy (non-hydrogen) atoms. The topological polar surface area (TPSA) is 36.0 Å². The zero-order chi connectivity index (χ0) is 9.10. The molecule has 0 saturated heterocycles. The SMILES string of the molecule is OC(c1ccc[nH]1)C1CC=CCC1. The van der Waals surface area contributed by atoms with E-state index >= 15 is 0 Å². The number of aliphatic hydroxyl groups excluding tert-OH is 1. The molecule has 0 fully saturated rings. The highest BCUT2D eigenvalue weighted by Crippen LogP contribution is 2.30. The Hall–Kier alpha value is -1.02. The number of allylic oxidation sites excluding steroid dienone is 2. The lowest BCUT2D eigenvalue weighted by molar-refractivity contribution is 0.0989. The van der Waals surface area contributed by atoms with Crippen LogP contribution < -0.4 is 0 Å². The van der Waals surface area contributed by atoms with Crippen LogP contribution in [0, 0.1) is 5.92 Å². The van der Waals surface area contributed by atoms with Gasteiger partial charge in [0.2, 0.25) is 0 Å². The van der Waals surface area contributed by atoms with Crippen LogP contribution >= 0.6 is 0 Å². The lowest BCUT2D eigenvalue weighted by atomic mass is 9.88. The van der Waals surface area contributed by atoms with Crippen molar-refractivity contribution in [3.8, 4) is 0 Å². The second-order valence-electron chi connectivity index (χ2n) is 3.61. The summed E-state index contributed by atoms with van der Waals surface area (Å²) in [5.74, 6) is 0.392. The molecule has 0 radical (unpaired) electrons. The second kappa shape index (κ2) is 3.79. The maximum Gasteiger partial charge on any atom is 0.0968 e. The van der Waals surface area contributed by atoms with E-state index in [1.165, 1.54) is 0 Å². The Kier molecular flexibility index (Phi) is 2.50. The van der Waals surface area contributed by atoms with Gasteiger partial charge in [0.25, 0.3) is 0 Å². The maximum absolute atomic E-state index is 9.97. The first-order valence-electron chi connectivity index (χ1n) is 4.84. The van der Waals surface area contributed by atoms with E-state index in [9.17, 15) is 5.11 Å². The predicted molar refractivity (Wildman–Crippen MR) is 52.2 cm³/mol. The number of nitrogens with one attached hydrogen (secondary N) is 1. The normalized spacial score (nSPS) is 24.5. The van der Waals surface area contributed by atoms with Gasteiger partial charge in [0.1, 0.15) is 0 Å². The van der Waals surface area contributed by atoms with Gasteiger partial charge < -0.3 is 10.1 Å². The molecular weight excluding hydrogens is 162 g/mol. The summed E-state index contributed by atoms with van der Waals surface area (Å²) in [5.41, 5.74) is 0.945. The largest absolute Gasteiger partial charge is 0.387 e. The molecule has 1 aromatic heterocycles. The van der Waals surface area contributed by atoms with Gasteiger partial charge in [-0.2, -0.15) is 0 Å². The summed E-state index contributed by atoms with van der Waals surface area (Å²) in [7, 11) is 0. The maximum atomic E-state index is 9.97. The number of aromatic nitrogens is 1. The van der Waals surface area contributed by atoms with Crippen molar-refractivity contribution >= 4 is 0 Å². The van der Waals surface area contributed by atoms with Gasteiger partial charge in [0.15, 0.2) is 0 Å². The van der Waals surface area contributed by atoms with E-state index in [0.29, 0.717) is 5.92 Å². The molecule has 0 spiro atoms. The average Bonchev–Trinajstić information content (AvgIpc) is 2.71. The fourth-order valence-electron chi connectivity index (χ4n) is 1.89. The predicted octanol–water partition coefficient (Wildman–Crippen LogP) is 2.40. The van der Waals surface area contributed by atoms with Gasteiger partial charge in [-0.05, 0) is 37.3 Å². The van der Waals surface area contributed by atoms with E-state index in [1.807, 2.05) is 18.3 Å².